The van der Waals surface area contributed by atoms with E-state index in [0.29, 0.717) is 25.0 Å². The second kappa shape index (κ2) is 11.5. The van der Waals surface area contributed by atoms with Gasteiger partial charge in [-0.2, -0.15) is 0 Å². The normalized spacial score (nSPS) is 23.2. The fourth-order valence-electron chi connectivity index (χ4n) is 5.47. The number of nitrogens with one attached hydrogen (secondary N) is 1. The Morgan fingerprint density at radius 3 is 2.42 bits per heavy atom. The van der Waals surface area contributed by atoms with E-state index in [1.165, 1.54) is 0 Å². The van der Waals surface area contributed by atoms with Crippen molar-refractivity contribution < 1.29 is 18.8 Å². The number of para-hydroxylation sites is 1. The molecule has 4 rings (SSSR count). The van der Waals surface area contributed by atoms with Crippen LogP contribution >= 0.6 is 0 Å². The molecule has 38 heavy (non-hydrogen) atoms. The van der Waals surface area contributed by atoms with E-state index in [-0.39, 0.29) is 23.1 Å². The Bertz CT molecular complexity index is 1220. The first kappa shape index (κ1) is 28.8. The SMILES string of the molecule is Cn1c(=O)n(C2CCC(=O)NC2=O)c2cccc(CCCOC3CCC(CO[Si](C)(C)C(C)(C)C)CC3)c21. The third kappa shape index (κ3) is 6.15. The average molecular weight is 544 g/mol. The maximum Gasteiger partial charge on any atom is 0.329 e. The zero-order valence-corrected chi connectivity index (χ0v) is 25.0. The second-order valence-electron chi connectivity index (χ2n) is 12.7. The Hall–Kier alpha value is -2.23. The average Bonchev–Trinajstić information content (AvgIpc) is 3.11. The summed E-state index contributed by atoms with van der Waals surface area (Å²) in [6.45, 7) is 13.1. The van der Waals surface area contributed by atoms with E-state index >= 15 is 0 Å². The third-order valence-corrected chi connectivity index (χ3v) is 13.4. The van der Waals surface area contributed by atoms with Crippen LogP contribution in [0.5, 0.6) is 0 Å². The lowest BCUT2D eigenvalue weighted by Crippen LogP contribution is -2.44. The van der Waals surface area contributed by atoms with Gasteiger partial charge in [-0.05, 0) is 80.6 Å². The van der Waals surface area contributed by atoms with E-state index in [9.17, 15) is 14.4 Å². The summed E-state index contributed by atoms with van der Waals surface area (Å²) in [5.74, 6) is -0.0552. The number of fused-ring (bicyclic) bond motifs is 1. The van der Waals surface area contributed by atoms with Gasteiger partial charge in [0, 0.05) is 26.7 Å². The lowest BCUT2D eigenvalue weighted by Gasteiger charge is -2.38. The number of benzene rings is 1. The molecular weight excluding hydrogens is 498 g/mol. The van der Waals surface area contributed by atoms with E-state index in [0.717, 1.165) is 61.7 Å². The summed E-state index contributed by atoms with van der Waals surface area (Å²) < 4.78 is 15.9. The van der Waals surface area contributed by atoms with Gasteiger partial charge in [-0.15, -0.1) is 0 Å². The number of nitrogens with zero attached hydrogens (tertiary/aromatic N) is 2. The number of amides is 2. The van der Waals surface area contributed by atoms with Crippen LogP contribution in [0.2, 0.25) is 18.1 Å². The van der Waals surface area contributed by atoms with Crippen molar-refractivity contribution in [2.24, 2.45) is 13.0 Å². The van der Waals surface area contributed by atoms with Crippen LogP contribution in [-0.4, -0.2) is 48.6 Å². The second-order valence-corrected chi connectivity index (χ2v) is 17.5. The van der Waals surface area contributed by atoms with Crippen molar-refractivity contribution in [2.45, 2.75) is 102 Å². The fraction of sp³-hybridized carbons (Fsp3) is 0.690. The molecule has 2 aliphatic rings. The Kier molecular flexibility index (Phi) is 8.69. The zero-order chi connectivity index (χ0) is 27.7. The number of aromatic nitrogens is 2. The summed E-state index contributed by atoms with van der Waals surface area (Å²) in [6.07, 6.45) is 7.05. The number of ether oxygens (including phenoxy) is 1. The van der Waals surface area contributed by atoms with Crippen LogP contribution in [0.3, 0.4) is 0 Å². The van der Waals surface area contributed by atoms with Crippen LogP contribution in [-0.2, 0) is 32.2 Å². The topological polar surface area (TPSA) is 91.6 Å². The summed E-state index contributed by atoms with van der Waals surface area (Å²) in [7, 11) is 0.0569. The number of carbonyl (C=O) groups excluding carboxylic acids is 2. The van der Waals surface area contributed by atoms with Crippen LogP contribution in [0.1, 0.15) is 77.3 Å². The molecule has 0 spiro atoms. The molecule has 1 atom stereocenters. The maximum atomic E-state index is 13.1. The Balaban J connectivity index is 1.29. The number of hydrogen-bond donors (Lipinski definition) is 1. The van der Waals surface area contributed by atoms with Gasteiger partial charge in [-0.1, -0.05) is 32.9 Å². The molecule has 2 aromatic rings. The number of rotatable bonds is 9. The predicted octanol–water partition coefficient (Wildman–Crippen LogP) is 4.85. The highest BCUT2D eigenvalue weighted by Gasteiger charge is 2.38. The molecule has 2 amide bonds. The van der Waals surface area contributed by atoms with Crippen molar-refractivity contribution in [3.63, 3.8) is 0 Å². The van der Waals surface area contributed by atoms with Crippen LogP contribution in [0.15, 0.2) is 23.0 Å². The summed E-state index contributed by atoms with van der Waals surface area (Å²) in [4.78, 5) is 37.2. The van der Waals surface area contributed by atoms with Gasteiger partial charge in [0.2, 0.25) is 11.8 Å². The number of imidazole rings is 1. The quantitative estimate of drug-likeness (QED) is 0.277. The molecular formula is C29H45N3O5Si. The highest BCUT2D eigenvalue weighted by Crippen LogP contribution is 2.38. The molecule has 1 saturated heterocycles. The minimum atomic E-state index is -1.69. The van der Waals surface area contributed by atoms with Gasteiger partial charge in [-0.3, -0.25) is 24.0 Å². The number of imide groups is 1. The van der Waals surface area contributed by atoms with Crippen LogP contribution in [0, 0.1) is 5.92 Å². The first-order valence-electron chi connectivity index (χ1n) is 14.2. The van der Waals surface area contributed by atoms with E-state index < -0.39 is 20.3 Å². The Labute approximate surface area is 227 Å². The van der Waals surface area contributed by atoms with E-state index in [4.69, 9.17) is 9.16 Å². The van der Waals surface area contributed by atoms with E-state index in [2.05, 4.69) is 39.2 Å². The summed E-state index contributed by atoms with van der Waals surface area (Å²) in [6, 6.07) is 5.20. The molecule has 1 aliphatic carbocycles. The van der Waals surface area contributed by atoms with E-state index in [1.54, 1.807) is 16.2 Å². The van der Waals surface area contributed by atoms with Crippen molar-refractivity contribution in [1.82, 2.24) is 14.5 Å². The lowest BCUT2D eigenvalue weighted by atomic mass is 9.88. The molecule has 0 bridgehead atoms. The summed E-state index contributed by atoms with van der Waals surface area (Å²) >= 11 is 0. The van der Waals surface area contributed by atoms with Crippen molar-refractivity contribution in [3.05, 3.63) is 34.2 Å². The molecule has 2 heterocycles. The van der Waals surface area contributed by atoms with Crippen LogP contribution < -0.4 is 11.0 Å². The van der Waals surface area contributed by atoms with Crippen LogP contribution in [0.4, 0.5) is 0 Å². The highest BCUT2D eigenvalue weighted by atomic mass is 28.4. The molecule has 1 aromatic carbocycles. The van der Waals surface area contributed by atoms with Gasteiger partial charge in [0.15, 0.2) is 8.32 Å². The van der Waals surface area contributed by atoms with Gasteiger partial charge in [0.05, 0.1) is 17.1 Å². The molecule has 1 aromatic heterocycles. The molecule has 1 N–H and O–H groups in total. The molecule has 1 saturated carbocycles. The standard InChI is InChI=1S/C29H45N3O5Si/c1-29(2,3)38(5,6)37-19-20-12-14-22(15-13-20)36-18-8-10-21-9-7-11-23-26(21)31(4)28(35)32(23)24-16-17-25(33)30-27(24)34/h7,9,11,20,22,24H,8,10,12-19H2,1-6H3,(H,30,33,34). The molecule has 210 valence electrons. The van der Waals surface area contributed by atoms with Crippen molar-refractivity contribution in [3.8, 4) is 0 Å². The zero-order valence-electron chi connectivity index (χ0n) is 24.0. The van der Waals surface area contributed by atoms with Crippen LogP contribution in [0.25, 0.3) is 11.0 Å². The number of carbonyl (C=O) groups is 2. The Morgan fingerprint density at radius 2 is 1.76 bits per heavy atom. The first-order chi connectivity index (χ1) is 17.9. The first-order valence-corrected chi connectivity index (χ1v) is 17.1. The van der Waals surface area contributed by atoms with Crippen molar-refractivity contribution in [2.75, 3.05) is 13.2 Å². The monoisotopic (exact) mass is 543 g/mol. The lowest BCUT2D eigenvalue weighted by molar-refractivity contribution is -0.135. The number of hydrogen-bond acceptors (Lipinski definition) is 5. The molecule has 2 fully saturated rings. The fourth-order valence-corrected chi connectivity index (χ4v) is 6.56. The van der Waals surface area contributed by atoms with Gasteiger partial charge < -0.3 is 9.16 Å². The van der Waals surface area contributed by atoms with E-state index in [1.807, 2.05) is 18.2 Å². The van der Waals surface area contributed by atoms with Gasteiger partial charge >= 0.3 is 5.69 Å². The molecule has 8 nitrogen and oxygen atoms in total. The molecule has 9 heteroatoms. The minimum Gasteiger partial charge on any atom is -0.417 e. The predicted molar refractivity (Wildman–Crippen MR) is 152 cm³/mol. The molecule has 1 unspecified atom stereocenters. The number of aryl methyl sites for hydroxylation is 2. The summed E-state index contributed by atoms with van der Waals surface area (Å²) in [5.41, 5.74) is 2.43. The minimum absolute atomic E-state index is 0.229. The molecule has 1 aliphatic heterocycles. The summed E-state index contributed by atoms with van der Waals surface area (Å²) in [5, 5.41) is 2.62. The van der Waals surface area contributed by atoms with Crippen molar-refractivity contribution in [1.29, 1.82) is 0 Å². The number of piperidine rings is 1. The van der Waals surface area contributed by atoms with Gasteiger partial charge in [0.25, 0.3) is 0 Å². The third-order valence-electron chi connectivity index (χ3n) is 8.93. The smallest absolute Gasteiger partial charge is 0.329 e. The van der Waals surface area contributed by atoms with Gasteiger partial charge in [0.1, 0.15) is 6.04 Å². The molecule has 0 radical (unpaired) electrons. The largest absolute Gasteiger partial charge is 0.417 e. The maximum absolute atomic E-state index is 13.1. The van der Waals surface area contributed by atoms with Crippen molar-refractivity contribution >= 4 is 31.2 Å². The Morgan fingerprint density at radius 1 is 1.05 bits per heavy atom. The highest BCUT2D eigenvalue weighted by molar-refractivity contribution is 6.74. The van der Waals surface area contributed by atoms with Gasteiger partial charge in [-0.25, -0.2) is 4.79 Å².